The van der Waals surface area contributed by atoms with Gasteiger partial charge in [-0.25, -0.2) is 18.0 Å². The average Bonchev–Trinajstić information content (AvgIpc) is 3.21. The number of benzene rings is 2. The Hall–Kier alpha value is -4.12. The minimum absolute atomic E-state index is 0.0138. The number of ether oxygens (including phenoxy) is 2. The molecule has 0 saturated carbocycles. The van der Waals surface area contributed by atoms with Crippen LogP contribution in [0.2, 0.25) is 0 Å². The zero-order chi connectivity index (χ0) is 24.7. The first-order chi connectivity index (χ1) is 16.2. The van der Waals surface area contributed by atoms with Crippen LogP contribution in [0.15, 0.2) is 65.1 Å². The molecule has 3 rings (SSSR count). The Kier molecular flexibility index (Phi) is 7.69. The molecule has 1 heterocycles. The van der Waals surface area contributed by atoms with Crippen molar-refractivity contribution in [1.82, 2.24) is 0 Å². The van der Waals surface area contributed by atoms with Crippen molar-refractivity contribution < 1.29 is 36.7 Å². The molecular weight excluding hydrogens is 464 g/mol. The van der Waals surface area contributed by atoms with Crippen molar-refractivity contribution in [3.05, 3.63) is 71.8 Å². The Morgan fingerprint density at radius 1 is 0.941 bits per heavy atom. The summed E-state index contributed by atoms with van der Waals surface area (Å²) in [6, 6.07) is 16.0. The fraction of sp³-hybridized carbons (Fsp3) is 0.174. The lowest BCUT2D eigenvalue weighted by Crippen LogP contribution is -2.22. The standard InChI is InChI=1S/C23H22N2O8S/c1-3-31-23(28)18-13-19(15-8-5-4-6-9-15)33-21(18)24-20(26)14-32-22(27)16-10-7-11-17(12-16)25-34(2,29)30/h4-13,25H,3,14H2,1-2H3,(H,24,26). The molecule has 34 heavy (non-hydrogen) atoms. The Bertz CT molecular complexity index is 1300. The van der Waals surface area contributed by atoms with E-state index in [4.69, 9.17) is 13.9 Å². The van der Waals surface area contributed by atoms with Crippen LogP contribution in [-0.4, -0.2) is 45.7 Å². The summed E-state index contributed by atoms with van der Waals surface area (Å²) in [6.45, 7) is 1.10. The Balaban J connectivity index is 1.69. The highest BCUT2D eigenvalue weighted by Crippen LogP contribution is 2.29. The Morgan fingerprint density at radius 2 is 1.68 bits per heavy atom. The van der Waals surface area contributed by atoms with E-state index < -0.39 is 34.5 Å². The lowest BCUT2D eigenvalue weighted by molar-refractivity contribution is -0.119. The van der Waals surface area contributed by atoms with Gasteiger partial charge in [-0.2, -0.15) is 0 Å². The van der Waals surface area contributed by atoms with Gasteiger partial charge >= 0.3 is 11.9 Å². The third-order valence-corrected chi connectivity index (χ3v) is 4.88. The van der Waals surface area contributed by atoms with E-state index in [0.717, 1.165) is 6.26 Å². The summed E-state index contributed by atoms with van der Waals surface area (Å²) < 4.78 is 40.6. The van der Waals surface area contributed by atoms with E-state index in [1.54, 1.807) is 31.2 Å². The Labute approximate surface area is 195 Å². The molecular formula is C23H22N2O8S. The van der Waals surface area contributed by atoms with Gasteiger partial charge in [-0.15, -0.1) is 0 Å². The summed E-state index contributed by atoms with van der Waals surface area (Å²) in [4.78, 5) is 37.0. The van der Waals surface area contributed by atoms with Crippen LogP contribution in [0.1, 0.15) is 27.6 Å². The van der Waals surface area contributed by atoms with E-state index in [2.05, 4.69) is 10.0 Å². The first-order valence-corrected chi connectivity index (χ1v) is 12.0. The van der Waals surface area contributed by atoms with Gasteiger partial charge in [0.2, 0.25) is 15.9 Å². The summed E-state index contributed by atoms with van der Waals surface area (Å²) in [5, 5.41) is 2.41. The van der Waals surface area contributed by atoms with Gasteiger partial charge in [-0.1, -0.05) is 36.4 Å². The molecule has 1 amide bonds. The van der Waals surface area contributed by atoms with Crippen molar-refractivity contribution in [2.75, 3.05) is 29.5 Å². The molecule has 178 valence electrons. The van der Waals surface area contributed by atoms with Crippen LogP contribution in [0, 0.1) is 0 Å². The third kappa shape index (κ3) is 6.69. The maximum Gasteiger partial charge on any atom is 0.343 e. The summed E-state index contributed by atoms with van der Waals surface area (Å²) in [5.74, 6) is -2.08. The highest BCUT2D eigenvalue weighted by atomic mass is 32.2. The minimum Gasteiger partial charge on any atom is -0.462 e. The monoisotopic (exact) mass is 486 g/mol. The predicted molar refractivity (Wildman–Crippen MR) is 124 cm³/mol. The first-order valence-electron chi connectivity index (χ1n) is 10.1. The van der Waals surface area contributed by atoms with Gasteiger partial charge in [0.05, 0.1) is 18.4 Å². The van der Waals surface area contributed by atoms with E-state index in [-0.39, 0.29) is 29.3 Å². The molecule has 2 aromatic carbocycles. The van der Waals surface area contributed by atoms with Gasteiger partial charge in [0.25, 0.3) is 5.91 Å². The minimum atomic E-state index is -3.53. The predicted octanol–water partition coefficient (Wildman–Crippen LogP) is 3.29. The van der Waals surface area contributed by atoms with E-state index in [9.17, 15) is 22.8 Å². The van der Waals surface area contributed by atoms with Crippen molar-refractivity contribution in [3.8, 4) is 11.3 Å². The molecule has 0 fully saturated rings. The maximum atomic E-state index is 12.4. The first kappa shape index (κ1) is 24.5. The third-order valence-electron chi connectivity index (χ3n) is 4.27. The summed E-state index contributed by atoms with van der Waals surface area (Å²) in [7, 11) is -3.53. The van der Waals surface area contributed by atoms with Crippen molar-refractivity contribution >= 4 is 39.4 Å². The average molecular weight is 487 g/mol. The van der Waals surface area contributed by atoms with Crippen LogP contribution in [-0.2, 0) is 24.3 Å². The van der Waals surface area contributed by atoms with Crippen LogP contribution < -0.4 is 10.0 Å². The summed E-state index contributed by atoms with van der Waals surface area (Å²) >= 11 is 0. The maximum absolute atomic E-state index is 12.4. The molecule has 0 spiro atoms. The van der Waals surface area contributed by atoms with Crippen LogP contribution in [0.4, 0.5) is 11.6 Å². The van der Waals surface area contributed by atoms with Crippen molar-refractivity contribution in [3.63, 3.8) is 0 Å². The number of nitrogens with one attached hydrogen (secondary N) is 2. The lowest BCUT2D eigenvalue weighted by atomic mass is 10.1. The van der Waals surface area contributed by atoms with Crippen molar-refractivity contribution in [2.45, 2.75) is 6.92 Å². The Morgan fingerprint density at radius 3 is 2.35 bits per heavy atom. The molecule has 1 aromatic heterocycles. The summed E-state index contributed by atoms with van der Waals surface area (Å²) in [5.41, 5.74) is 0.907. The fourth-order valence-electron chi connectivity index (χ4n) is 2.89. The van der Waals surface area contributed by atoms with Crippen molar-refractivity contribution in [2.24, 2.45) is 0 Å². The molecule has 10 nitrogen and oxygen atoms in total. The van der Waals surface area contributed by atoms with E-state index in [0.29, 0.717) is 11.3 Å². The summed E-state index contributed by atoms with van der Waals surface area (Å²) in [6.07, 6.45) is 0.977. The van der Waals surface area contributed by atoms with Gasteiger partial charge in [-0.05, 0) is 25.1 Å². The highest BCUT2D eigenvalue weighted by molar-refractivity contribution is 7.92. The number of sulfonamides is 1. The topological polar surface area (TPSA) is 141 Å². The quantitative estimate of drug-likeness (QED) is 0.439. The molecule has 0 radical (unpaired) electrons. The zero-order valence-electron chi connectivity index (χ0n) is 18.4. The molecule has 0 unspecified atom stereocenters. The van der Waals surface area contributed by atoms with Crippen molar-refractivity contribution in [1.29, 1.82) is 0 Å². The number of hydrogen-bond acceptors (Lipinski definition) is 8. The number of hydrogen-bond donors (Lipinski definition) is 2. The fourth-order valence-corrected chi connectivity index (χ4v) is 3.45. The van der Waals surface area contributed by atoms with Crippen LogP contribution in [0.3, 0.4) is 0 Å². The number of rotatable bonds is 9. The van der Waals surface area contributed by atoms with Gasteiger partial charge in [0.15, 0.2) is 6.61 Å². The molecule has 3 aromatic rings. The number of carbonyl (C=O) groups excluding carboxylic acids is 3. The van der Waals surface area contributed by atoms with Gasteiger partial charge in [0.1, 0.15) is 11.3 Å². The second-order valence-corrected chi connectivity index (χ2v) is 8.77. The van der Waals surface area contributed by atoms with E-state index in [1.807, 2.05) is 6.07 Å². The number of esters is 2. The molecule has 0 aliphatic rings. The smallest absolute Gasteiger partial charge is 0.343 e. The van der Waals surface area contributed by atoms with E-state index >= 15 is 0 Å². The molecule has 0 aliphatic heterocycles. The zero-order valence-corrected chi connectivity index (χ0v) is 19.2. The van der Waals surface area contributed by atoms with Crippen LogP contribution in [0.25, 0.3) is 11.3 Å². The number of amides is 1. The van der Waals surface area contributed by atoms with Crippen LogP contribution in [0.5, 0.6) is 0 Å². The number of anilines is 2. The second-order valence-electron chi connectivity index (χ2n) is 7.02. The van der Waals surface area contributed by atoms with Gasteiger partial charge in [0, 0.05) is 17.3 Å². The second kappa shape index (κ2) is 10.7. The highest BCUT2D eigenvalue weighted by Gasteiger charge is 2.22. The van der Waals surface area contributed by atoms with Gasteiger partial charge < -0.3 is 13.9 Å². The lowest BCUT2D eigenvalue weighted by Gasteiger charge is -2.08. The van der Waals surface area contributed by atoms with E-state index in [1.165, 1.54) is 30.3 Å². The molecule has 0 bridgehead atoms. The number of carbonyl (C=O) groups is 3. The van der Waals surface area contributed by atoms with Crippen LogP contribution >= 0.6 is 0 Å². The molecule has 2 N–H and O–H groups in total. The largest absolute Gasteiger partial charge is 0.462 e. The molecule has 0 saturated heterocycles. The number of furan rings is 1. The normalized spacial score (nSPS) is 10.9. The van der Waals surface area contributed by atoms with Gasteiger partial charge in [-0.3, -0.25) is 14.8 Å². The molecule has 0 aliphatic carbocycles. The SMILES string of the molecule is CCOC(=O)c1cc(-c2ccccc2)oc1NC(=O)COC(=O)c1cccc(NS(C)(=O)=O)c1. The molecule has 11 heteroatoms. The molecule has 0 atom stereocenters.